The summed E-state index contributed by atoms with van der Waals surface area (Å²) in [6.07, 6.45) is 0.824. The second-order valence-corrected chi connectivity index (χ2v) is 7.87. The first-order valence-electron chi connectivity index (χ1n) is 8.46. The number of aromatic nitrogens is 3. The van der Waals surface area contributed by atoms with Crippen LogP contribution in [0.4, 0.5) is 5.13 Å². The second kappa shape index (κ2) is 7.81. The third kappa shape index (κ3) is 4.12. The summed E-state index contributed by atoms with van der Waals surface area (Å²) in [5.41, 5.74) is 1.48. The predicted octanol–water partition coefficient (Wildman–Crippen LogP) is 4.00. The van der Waals surface area contributed by atoms with E-state index in [1.54, 1.807) is 17.4 Å². The van der Waals surface area contributed by atoms with Gasteiger partial charge in [0, 0.05) is 19.0 Å². The summed E-state index contributed by atoms with van der Waals surface area (Å²) in [4.78, 5) is 29.6. The molecule has 0 saturated heterocycles. The summed E-state index contributed by atoms with van der Waals surface area (Å²) in [5.74, 6) is -0.114. The van der Waals surface area contributed by atoms with E-state index in [2.05, 4.69) is 15.4 Å². The smallest absolute Gasteiger partial charge is 0.266 e. The molecule has 0 aliphatic heterocycles. The lowest BCUT2D eigenvalue weighted by Gasteiger charge is -2.06. The Morgan fingerprint density at radius 3 is 2.81 bits per heavy atom. The third-order valence-corrected chi connectivity index (χ3v) is 5.80. The zero-order chi connectivity index (χ0) is 18.6. The van der Waals surface area contributed by atoms with E-state index in [4.69, 9.17) is 0 Å². The molecule has 1 amide bonds. The highest BCUT2D eigenvalue weighted by Crippen LogP contribution is 2.25. The first-order valence-corrected chi connectivity index (χ1v) is 10.2. The van der Waals surface area contributed by atoms with Gasteiger partial charge < -0.3 is 5.32 Å². The fraction of sp³-hybridized carbons (Fsp3) is 0.158. The van der Waals surface area contributed by atoms with Gasteiger partial charge in [-0.2, -0.15) is 5.10 Å². The first kappa shape index (κ1) is 17.6. The number of thiazole rings is 1. The molecule has 8 heteroatoms. The molecule has 3 aromatic heterocycles. The Morgan fingerprint density at radius 1 is 1.11 bits per heavy atom. The molecule has 3 heterocycles. The van der Waals surface area contributed by atoms with E-state index in [-0.39, 0.29) is 11.5 Å². The highest BCUT2D eigenvalue weighted by molar-refractivity contribution is 7.22. The van der Waals surface area contributed by atoms with Crippen molar-refractivity contribution in [2.24, 2.45) is 0 Å². The Morgan fingerprint density at radius 2 is 2.00 bits per heavy atom. The van der Waals surface area contributed by atoms with Crippen molar-refractivity contribution in [2.75, 3.05) is 5.32 Å². The highest BCUT2D eigenvalue weighted by atomic mass is 32.1. The zero-order valence-electron chi connectivity index (χ0n) is 14.3. The van der Waals surface area contributed by atoms with E-state index in [1.165, 1.54) is 22.1 Å². The molecule has 0 aliphatic carbocycles. The summed E-state index contributed by atoms with van der Waals surface area (Å²) >= 11 is 3.02. The van der Waals surface area contributed by atoms with Crippen LogP contribution in [0.3, 0.4) is 0 Å². The van der Waals surface area contributed by atoms with Crippen LogP contribution in [0.5, 0.6) is 0 Å². The van der Waals surface area contributed by atoms with E-state index >= 15 is 0 Å². The molecule has 6 nitrogen and oxygen atoms in total. The minimum atomic E-state index is -0.165. The van der Waals surface area contributed by atoms with Gasteiger partial charge in [-0.3, -0.25) is 9.59 Å². The van der Waals surface area contributed by atoms with Crippen molar-refractivity contribution in [2.45, 2.75) is 19.4 Å². The average molecular weight is 396 g/mol. The van der Waals surface area contributed by atoms with Crippen LogP contribution >= 0.6 is 22.7 Å². The summed E-state index contributed by atoms with van der Waals surface area (Å²) < 4.78 is 2.45. The number of para-hydroxylation sites is 1. The molecular formula is C19H16N4O2S2. The third-order valence-electron chi connectivity index (χ3n) is 3.95. The SMILES string of the molecule is O=C(CCCn1nc(-c2cccs2)ccc1=O)Nc1nc2ccccc2s1. The second-order valence-electron chi connectivity index (χ2n) is 5.90. The summed E-state index contributed by atoms with van der Waals surface area (Å²) in [6.45, 7) is 0.394. The number of carbonyl (C=O) groups is 1. The van der Waals surface area contributed by atoms with Gasteiger partial charge in [-0.15, -0.1) is 11.3 Å². The van der Waals surface area contributed by atoms with Crippen molar-refractivity contribution in [1.82, 2.24) is 14.8 Å². The van der Waals surface area contributed by atoms with E-state index in [0.29, 0.717) is 24.5 Å². The maximum Gasteiger partial charge on any atom is 0.266 e. The predicted molar refractivity (Wildman–Crippen MR) is 109 cm³/mol. The van der Waals surface area contributed by atoms with Crippen molar-refractivity contribution < 1.29 is 4.79 Å². The molecule has 1 N–H and O–H groups in total. The number of rotatable bonds is 6. The molecule has 0 radical (unpaired) electrons. The number of fused-ring (bicyclic) bond motifs is 1. The zero-order valence-corrected chi connectivity index (χ0v) is 15.9. The Balaban J connectivity index is 1.36. The van der Waals surface area contributed by atoms with Gasteiger partial charge in [0.2, 0.25) is 5.91 Å². The fourth-order valence-electron chi connectivity index (χ4n) is 2.66. The van der Waals surface area contributed by atoms with Gasteiger partial charge in [0.05, 0.1) is 15.1 Å². The topological polar surface area (TPSA) is 76.9 Å². The average Bonchev–Trinajstić information content (AvgIpc) is 3.32. The first-order chi connectivity index (χ1) is 13.2. The van der Waals surface area contributed by atoms with E-state index < -0.39 is 0 Å². The Labute approximate surface area is 163 Å². The van der Waals surface area contributed by atoms with Gasteiger partial charge in [-0.1, -0.05) is 29.5 Å². The largest absolute Gasteiger partial charge is 0.302 e. The normalized spacial score (nSPS) is 11.0. The monoisotopic (exact) mass is 396 g/mol. The number of thiophene rings is 1. The lowest BCUT2D eigenvalue weighted by atomic mass is 10.3. The number of anilines is 1. The highest BCUT2D eigenvalue weighted by Gasteiger charge is 2.09. The number of hydrogen-bond acceptors (Lipinski definition) is 6. The van der Waals surface area contributed by atoms with Gasteiger partial charge >= 0.3 is 0 Å². The Kier molecular flexibility index (Phi) is 5.08. The van der Waals surface area contributed by atoms with Gasteiger partial charge in [-0.25, -0.2) is 9.67 Å². The van der Waals surface area contributed by atoms with Crippen LogP contribution in [0, 0.1) is 0 Å². The molecule has 0 fully saturated rings. The summed E-state index contributed by atoms with van der Waals surface area (Å²) in [6, 6.07) is 14.9. The van der Waals surface area contributed by atoms with Gasteiger partial charge in [0.15, 0.2) is 5.13 Å². The molecule has 0 aliphatic rings. The van der Waals surface area contributed by atoms with Gasteiger partial charge in [0.25, 0.3) is 5.56 Å². The van der Waals surface area contributed by atoms with Crippen LogP contribution in [0.25, 0.3) is 20.8 Å². The minimum absolute atomic E-state index is 0.114. The van der Waals surface area contributed by atoms with Gasteiger partial charge in [0.1, 0.15) is 5.69 Å². The molecule has 1 aromatic carbocycles. The quantitative estimate of drug-likeness (QED) is 0.534. The molecule has 4 rings (SSSR count). The van der Waals surface area contributed by atoms with Gasteiger partial charge in [-0.05, 0) is 36.1 Å². The summed E-state index contributed by atoms with van der Waals surface area (Å²) in [5, 5.41) is 9.79. The lowest BCUT2D eigenvalue weighted by Crippen LogP contribution is -2.23. The lowest BCUT2D eigenvalue weighted by molar-refractivity contribution is -0.116. The number of benzene rings is 1. The van der Waals surface area contributed by atoms with E-state index in [1.807, 2.05) is 41.8 Å². The van der Waals surface area contributed by atoms with Crippen LogP contribution < -0.4 is 10.9 Å². The van der Waals surface area contributed by atoms with Crippen LogP contribution in [0.1, 0.15) is 12.8 Å². The Hall–Kier alpha value is -2.84. The molecule has 0 atom stereocenters. The van der Waals surface area contributed by atoms with Crippen molar-refractivity contribution >= 4 is 43.9 Å². The molecule has 0 spiro atoms. The maximum absolute atomic E-state index is 12.2. The van der Waals surface area contributed by atoms with E-state index in [0.717, 1.165) is 20.8 Å². The molecule has 136 valence electrons. The molecule has 0 saturated carbocycles. The Bertz CT molecular complexity index is 1100. The van der Waals surface area contributed by atoms with Crippen LogP contribution in [0.2, 0.25) is 0 Å². The molecule has 27 heavy (non-hydrogen) atoms. The van der Waals surface area contributed by atoms with Crippen molar-refractivity contribution in [1.29, 1.82) is 0 Å². The fourth-order valence-corrected chi connectivity index (χ4v) is 4.23. The number of hydrogen-bond donors (Lipinski definition) is 1. The van der Waals surface area contributed by atoms with Crippen LogP contribution in [0.15, 0.2) is 58.7 Å². The maximum atomic E-state index is 12.2. The van der Waals surface area contributed by atoms with Crippen LogP contribution in [-0.2, 0) is 11.3 Å². The number of nitrogens with one attached hydrogen (secondary N) is 1. The van der Waals surface area contributed by atoms with Crippen molar-refractivity contribution in [3.05, 3.63) is 64.3 Å². The number of carbonyl (C=O) groups excluding carboxylic acids is 1. The molecule has 0 unspecified atom stereocenters. The molecule has 0 bridgehead atoms. The number of nitrogens with zero attached hydrogens (tertiary/aromatic N) is 3. The van der Waals surface area contributed by atoms with Crippen molar-refractivity contribution in [3.8, 4) is 10.6 Å². The number of amides is 1. The summed E-state index contributed by atoms with van der Waals surface area (Å²) in [7, 11) is 0. The van der Waals surface area contributed by atoms with Crippen molar-refractivity contribution in [3.63, 3.8) is 0 Å². The van der Waals surface area contributed by atoms with E-state index in [9.17, 15) is 9.59 Å². The molecule has 4 aromatic rings. The molecular weight excluding hydrogens is 380 g/mol. The minimum Gasteiger partial charge on any atom is -0.302 e. The standard InChI is InChI=1S/C19H16N4O2S2/c24-17(21-19-20-13-5-1-2-6-16(13)27-19)8-3-11-23-18(25)10-9-14(22-23)15-7-4-12-26-15/h1-2,4-7,9-10,12H,3,8,11H2,(H,20,21,24). The van der Waals surface area contributed by atoms with Crippen LogP contribution in [-0.4, -0.2) is 20.7 Å². The number of aryl methyl sites for hydroxylation is 1.